The quantitative estimate of drug-likeness (QED) is 0.416. The fraction of sp³-hybridized carbons (Fsp3) is 0.400. The van der Waals surface area contributed by atoms with Gasteiger partial charge in [-0.05, 0) is 12.1 Å². The van der Waals surface area contributed by atoms with Crippen LogP contribution in [0.1, 0.15) is 0 Å². The van der Waals surface area contributed by atoms with E-state index in [0.29, 0.717) is 4.47 Å². The molecule has 0 atom stereocenters. The molecule has 0 unspecified atom stereocenters. The standard InChI is InChI=1S/C10H11BrF2N2O5S/c11-7-1-2-8(15(16)17)9(5-7)21(18,19)14-3-4-20-6-10(12)13/h1-2,5,10,14H,3-4,6H2. The van der Waals surface area contributed by atoms with Gasteiger partial charge in [0.2, 0.25) is 10.0 Å². The molecule has 0 aliphatic heterocycles. The highest BCUT2D eigenvalue weighted by atomic mass is 79.9. The topological polar surface area (TPSA) is 98.5 Å². The molecule has 1 rings (SSSR count). The summed E-state index contributed by atoms with van der Waals surface area (Å²) in [5, 5.41) is 10.8. The number of alkyl halides is 2. The number of nitrogens with one attached hydrogen (secondary N) is 1. The molecular weight excluding hydrogens is 378 g/mol. The SMILES string of the molecule is O=[N+]([O-])c1ccc(Br)cc1S(=O)(=O)NCCOCC(F)F. The number of nitro benzene ring substituents is 1. The number of hydrogen-bond donors (Lipinski definition) is 1. The molecule has 0 heterocycles. The highest BCUT2D eigenvalue weighted by Gasteiger charge is 2.25. The van der Waals surface area contributed by atoms with Gasteiger partial charge in [0.25, 0.3) is 12.1 Å². The third-order valence-corrected chi connectivity index (χ3v) is 4.17. The molecule has 118 valence electrons. The van der Waals surface area contributed by atoms with Gasteiger partial charge in [0.1, 0.15) is 6.61 Å². The van der Waals surface area contributed by atoms with Crippen LogP contribution in [0.2, 0.25) is 0 Å². The number of halogens is 3. The van der Waals surface area contributed by atoms with Crippen LogP contribution >= 0.6 is 15.9 Å². The van der Waals surface area contributed by atoms with Crippen molar-refractivity contribution < 1.29 is 26.9 Å². The van der Waals surface area contributed by atoms with Crippen LogP contribution < -0.4 is 4.72 Å². The van der Waals surface area contributed by atoms with Gasteiger partial charge in [0.05, 0.1) is 11.5 Å². The normalized spacial score (nSPS) is 11.8. The number of hydrogen-bond acceptors (Lipinski definition) is 5. The van der Waals surface area contributed by atoms with Crippen LogP contribution in [0.5, 0.6) is 0 Å². The number of benzene rings is 1. The summed E-state index contributed by atoms with van der Waals surface area (Å²) < 4.78 is 54.4. The lowest BCUT2D eigenvalue weighted by molar-refractivity contribution is -0.387. The predicted molar refractivity (Wildman–Crippen MR) is 72.8 cm³/mol. The van der Waals surface area contributed by atoms with Crippen LogP contribution in [0, 0.1) is 10.1 Å². The van der Waals surface area contributed by atoms with Gasteiger partial charge in [-0.25, -0.2) is 21.9 Å². The average molecular weight is 389 g/mol. The molecule has 0 amide bonds. The zero-order chi connectivity index (χ0) is 16.0. The Balaban J connectivity index is 2.79. The van der Waals surface area contributed by atoms with Gasteiger partial charge in [0.15, 0.2) is 4.90 Å². The highest BCUT2D eigenvalue weighted by Crippen LogP contribution is 2.26. The minimum absolute atomic E-state index is 0.272. The molecule has 11 heteroatoms. The van der Waals surface area contributed by atoms with E-state index in [0.717, 1.165) is 12.1 Å². The Morgan fingerprint density at radius 3 is 2.67 bits per heavy atom. The van der Waals surface area contributed by atoms with Crippen molar-refractivity contribution in [2.75, 3.05) is 19.8 Å². The maximum atomic E-state index is 12.0. The minimum atomic E-state index is -4.15. The predicted octanol–water partition coefficient (Wildman–Crippen LogP) is 1.92. The van der Waals surface area contributed by atoms with E-state index in [2.05, 4.69) is 20.7 Å². The summed E-state index contributed by atoms with van der Waals surface area (Å²) in [7, 11) is -4.15. The molecule has 0 saturated heterocycles. The Labute approximate surface area is 127 Å². The lowest BCUT2D eigenvalue weighted by atomic mass is 10.3. The third-order valence-electron chi connectivity index (χ3n) is 2.19. The van der Waals surface area contributed by atoms with Gasteiger partial charge < -0.3 is 4.74 Å². The van der Waals surface area contributed by atoms with Crippen molar-refractivity contribution in [1.82, 2.24) is 4.72 Å². The van der Waals surface area contributed by atoms with Crippen molar-refractivity contribution in [3.05, 3.63) is 32.8 Å². The van der Waals surface area contributed by atoms with Crippen molar-refractivity contribution in [3.8, 4) is 0 Å². The number of sulfonamides is 1. The van der Waals surface area contributed by atoms with Crippen LogP contribution in [-0.4, -0.2) is 39.5 Å². The summed E-state index contributed by atoms with van der Waals surface area (Å²) in [5.41, 5.74) is -0.584. The smallest absolute Gasteiger partial charge is 0.289 e. The monoisotopic (exact) mass is 388 g/mol. The Kier molecular flexibility index (Phi) is 6.58. The van der Waals surface area contributed by atoms with Gasteiger partial charge in [-0.2, -0.15) is 0 Å². The number of ether oxygens (including phenoxy) is 1. The second-order valence-electron chi connectivity index (χ2n) is 3.73. The zero-order valence-corrected chi connectivity index (χ0v) is 12.9. The first-order valence-corrected chi connectivity index (χ1v) is 7.81. The fourth-order valence-corrected chi connectivity index (χ4v) is 3.07. The molecule has 21 heavy (non-hydrogen) atoms. The van der Waals surface area contributed by atoms with Gasteiger partial charge in [-0.1, -0.05) is 15.9 Å². The van der Waals surface area contributed by atoms with Crippen LogP contribution in [0.4, 0.5) is 14.5 Å². The van der Waals surface area contributed by atoms with E-state index in [1.165, 1.54) is 6.07 Å². The fourth-order valence-electron chi connectivity index (χ4n) is 1.35. The van der Waals surface area contributed by atoms with E-state index in [1.54, 1.807) is 0 Å². The first-order valence-electron chi connectivity index (χ1n) is 5.53. The van der Waals surface area contributed by atoms with Crippen LogP contribution in [0.25, 0.3) is 0 Å². The second kappa shape index (κ2) is 7.73. The summed E-state index contributed by atoms with van der Waals surface area (Å²) in [6, 6.07) is 3.47. The lowest BCUT2D eigenvalue weighted by Crippen LogP contribution is -2.28. The van der Waals surface area contributed by atoms with Crippen molar-refractivity contribution in [3.63, 3.8) is 0 Å². The van der Waals surface area contributed by atoms with E-state index < -0.39 is 38.6 Å². The first-order chi connectivity index (χ1) is 9.74. The largest absolute Gasteiger partial charge is 0.374 e. The summed E-state index contributed by atoms with van der Waals surface area (Å²) in [6.45, 7) is -1.36. The van der Waals surface area contributed by atoms with Crippen molar-refractivity contribution >= 4 is 31.6 Å². The molecule has 1 aromatic rings. The Morgan fingerprint density at radius 2 is 2.10 bits per heavy atom. The second-order valence-corrected chi connectivity index (χ2v) is 6.38. The van der Waals surface area contributed by atoms with Crippen LogP contribution in [0.15, 0.2) is 27.6 Å². The van der Waals surface area contributed by atoms with Crippen LogP contribution in [0.3, 0.4) is 0 Å². The Hall–Kier alpha value is -1.17. The van der Waals surface area contributed by atoms with E-state index in [-0.39, 0.29) is 13.2 Å². The molecule has 0 radical (unpaired) electrons. The van der Waals surface area contributed by atoms with Crippen LogP contribution in [-0.2, 0) is 14.8 Å². The minimum Gasteiger partial charge on any atom is -0.374 e. The van der Waals surface area contributed by atoms with E-state index in [1.807, 2.05) is 4.72 Å². The van der Waals surface area contributed by atoms with Gasteiger partial charge in [-0.15, -0.1) is 0 Å². The van der Waals surface area contributed by atoms with Gasteiger partial charge >= 0.3 is 0 Å². The van der Waals surface area contributed by atoms with Gasteiger partial charge in [-0.3, -0.25) is 10.1 Å². The molecule has 7 nitrogen and oxygen atoms in total. The van der Waals surface area contributed by atoms with E-state index in [9.17, 15) is 27.3 Å². The number of nitrogens with zero attached hydrogens (tertiary/aromatic N) is 1. The average Bonchev–Trinajstić information content (AvgIpc) is 2.37. The Morgan fingerprint density at radius 1 is 1.43 bits per heavy atom. The molecule has 1 aromatic carbocycles. The molecule has 0 fully saturated rings. The maximum absolute atomic E-state index is 12.0. The molecule has 0 aromatic heterocycles. The Bertz CT molecular complexity index is 611. The maximum Gasteiger partial charge on any atom is 0.289 e. The lowest BCUT2D eigenvalue weighted by Gasteiger charge is -2.08. The summed E-state index contributed by atoms with van der Waals surface area (Å²) in [5.74, 6) is 0. The molecule has 0 spiro atoms. The van der Waals surface area contributed by atoms with Crippen molar-refractivity contribution in [1.29, 1.82) is 0 Å². The molecule has 0 aliphatic carbocycles. The van der Waals surface area contributed by atoms with Gasteiger partial charge in [0, 0.05) is 17.1 Å². The zero-order valence-electron chi connectivity index (χ0n) is 10.5. The first kappa shape index (κ1) is 17.9. The number of nitro groups is 1. The summed E-state index contributed by atoms with van der Waals surface area (Å²) in [4.78, 5) is 9.48. The van der Waals surface area contributed by atoms with E-state index in [4.69, 9.17) is 0 Å². The summed E-state index contributed by atoms with van der Waals surface area (Å²) >= 11 is 3.02. The molecular formula is C10H11BrF2N2O5S. The van der Waals surface area contributed by atoms with Crippen molar-refractivity contribution in [2.24, 2.45) is 0 Å². The summed E-state index contributed by atoms with van der Waals surface area (Å²) in [6.07, 6.45) is -2.65. The molecule has 1 N–H and O–H groups in total. The molecule has 0 bridgehead atoms. The molecule has 0 saturated carbocycles. The van der Waals surface area contributed by atoms with E-state index >= 15 is 0 Å². The van der Waals surface area contributed by atoms with Crippen molar-refractivity contribution in [2.45, 2.75) is 11.3 Å². The molecule has 0 aliphatic rings. The third kappa shape index (κ3) is 5.61. The number of rotatable bonds is 8. The highest BCUT2D eigenvalue weighted by molar-refractivity contribution is 9.10.